The van der Waals surface area contributed by atoms with Crippen molar-refractivity contribution in [1.29, 1.82) is 0 Å². The van der Waals surface area contributed by atoms with E-state index >= 15 is 0 Å². The Hall–Kier alpha value is -1.51. The lowest BCUT2D eigenvalue weighted by Crippen LogP contribution is -2.28. The zero-order chi connectivity index (χ0) is 13.1. The molecule has 0 spiro atoms. The molecule has 0 bridgehead atoms. The maximum absolute atomic E-state index is 11.1. The molecule has 0 aromatic heterocycles. The highest BCUT2D eigenvalue weighted by atomic mass is 16.5. The molecule has 2 rings (SSSR count). The average Bonchev–Trinajstić information content (AvgIpc) is 2.38. The van der Waals surface area contributed by atoms with Crippen LogP contribution in [0.4, 0.5) is 0 Å². The SMILES string of the molecule is COc1ccc([C@@H]2CC[C@@H](C(=O)O)[C@@H](C)C2)cc1. The molecule has 98 valence electrons. The van der Waals surface area contributed by atoms with Gasteiger partial charge in [0.25, 0.3) is 0 Å². The molecule has 1 saturated carbocycles. The monoisotopic (exact) mass is 248 g/mol. The highest BCUT2D eigenvalue weighted by Crippen LogP contribution is 2.39. The zero-order valence-electron chi connectivity index (χ0n) is 10.9. The van der Waals surface area contributed by atoms with Gasteiger partial charge < -0.3 is 9.84 Å². The van der Waals surface area contributed by atoms with Crippen molar-refractivity contribution < 1.29 is 14.6 Å². The van der Waals surface area contributed by atoms with Crippen molar-refractivity contribution in [2.24, 2.45) is 11.8 Å². The Morgan fingerprint density at radius 3 is 2.44 bits per heavy atom. The summed E-state index contributed by atoms with van der Waals surface area (Å²) in [5, 5.41) is 9.12. The van der Waals surface area contributed by atoms with E-state index in [1.165, 1.54) is 5.56 Å². The molecule has 0 heterocycles. The van der Waals surface area contributed by atoms with Crippen LogP contribution in [-0.4, -0.2) is 18.2 Å². The summed E-state index contributed by atoms with van der Waals surface area (Å²) >= 11 is 0. The summed E-state index contributed by atoms with van der Waals surface area (Å²) in [6.45, 7) is 2.05. The Bertz CT molecular complexity index is 410. The van der Waals surface area contributed by atoms with E-state index in [1.54, 1.807) is 7.11 Å². The minimum atomic E-state index is -0.643. The normalized spacial score (nSPS) is 27.8. The standard InChI is InChI=1S/C15H20O3/c1-10-9-12(5-8-14(10)15(16)17)11-3-6-13(18-2)7-4-11/h3-4,6-7,10,12,14H,5,8-9H2,1-2H3,(H,16,17)/t10-,12+,14+/m0/s1. The van der Waals surface area contributed by atoms with Gasteiger partial charge in [0.05, 0.1) is 13.0 Å². The Morgan fingerprint density at radius 1 is 1.28 bits per heavy atom. The molecular weight excluding hydrogens is 228 g/mol. The molecule has 0 saturated heterocycles. The average molecular weight is 248 g/mol. The van der Waals surface area contributed by atoms with Crippen molar-refractivity contribution >= 4 is 5.97 Å². The first-order valence-corrected chi connectivity index (χ1v) is 6.48. The summed E-state index contributed by atoms with van der Waals surface area (Å²) in [6.07, 6.45) is 2.71. The van der Waals surface area contributed by atoms with Crippen LogP contribution in [0.5, 0.6) is 5.75 Å². The van der Waals surface area contributed by atoms with Crippen molar-refractivity contribution in [2.75, 3.05) is 7.11 Å². The summed E-state index contributed by atoms with van der Waals surface area (Å²) in [6, 6.07) is 8.14. The number of carboxylic acids is 1. The molecule has 3 atom stereocenters. The Labute approximate surface area is 108 Å². The number of carboxylic acid groups (broad SMARTS) is 1. The van der Waals surface area contributed by atoms with Gasteiger partial charge in [-0.05, 0) is 48.8 Å². The van der Waals surface area contributed by atoms with Gasteiger partial charge in [-0.15, -0.1) is 0 Å². The van der Waals surface area contributed by atoms with Gasteiger partial charge in [0, 0.05) is 0 Å². The third-order valence-electron chi connectivity index (χ3n) is 4.07. The van der Waals surface area contributed by atoms with Crippen molar-refractivity contribution in [2.45, 2.75) is 32.1 Å². The maximum Gasteiger partial charge on any atom is 0.306 e. The van der Waals surface area contributed by atoms with E-state index in [1.807, 2.05) is 12.1 Å². The van der Waals surface area contributed by atoms with E-state index in [4.69, 9.17) is 9.84 Å². The Morgan fingerprint density at radius 2 is 1.94 bits per heavy atom. The second-order valence-electron chi connectivity index (χ2n) is 5.21. The first-order chi connectivity index (χ1) is 8.61. The number of benzene rings is 1. The number of hydrogen-bond acceptors (Lipinski definition) is 2. The van der Waals surface area contributed by atoms with Gasteiger partial charge in [0.2, 0.25) is 0 Å². The molecule has 0 amide bonds. The molecule has 1 aromatic rings. The predicted octanol–water partition coefficient (Wildman–Crippen LogP) is 3.30. The second-order valence-corrected chi connectivity index (χ2v) is 5.21. The van der Waals surface area contributed by atoms with Crippen LogP contribution in [0.2, 0.25) is 0 Å². The van der Waals surface area contributed by atoms with Crippen LogP contribution in [0.3, 0.4) is 0 Å². The number of rotatable bonds is 3. The highest BCUT2D eigenvalue weighted by Gasteiger charge is 2.32. The van der Waals surface area contributed by atoms with Gasteiger partial charge in [-0.25, -0.2) is 0 Å². The van der Waals surface area contributed by atoms with E-state index in [0.717, 1.165) is 25.0 Å². The molecule has 0 unspecified atom stereocenters. The highest BCUT2D eigenvalue weighted by molar-refractivity contribution is 5.70. The molecule has 1 N–H and O–H groups in total. The molecule has 0 aliphatic heterocycles. The lowest BCUT2D eigenvalue weighted by Gasteiger charge is -2.32. The van der Waals surface area contributed by atoms with Gasteiger partial charge in [0.1, 0.15) is 5.75 Å². The third-order valence-corrected chi connectivity index (χ3v) is 4.07. The van der Waals surface area contributed by atoms with Gasteiger partial charge in [0.15, 0.2) is 0 Å². The third kappa shape index (κ3) is 2.66. The number of ether oxygens (including phenoxy) is 1. The largest absolute Gasteiger partial charge is 0.497 e. The van der Waals surface area contributed by atoms with Crippen molar-refractivity contribution in [3.05, 3.63) is 29.8 Å². The fraction of sp³-hybridized carbons (Fsp3) is 0.533. The predicted molar refractivity (Wildman–Crippen MR) is 69.9 cm³/mol. The first kappa shape index (κ1) is 12.9. The van der Waals surface area contributed by atoms with Crippen LogP contribution in [0, 0.1) is 11.8 Å². The van der Waals surface area contributed by atoms with Gasteiger partial charge in [-0.2, -0.15) is 0 Å². The molecule has 18 heavy (non-hydrogen) atoms. The minimum Gasteiger partial charge on any atom is -0.497 e. The van der Waals surface area contributed by atoms with E-state index in [-0.39, 0.29) is 11.8 Å². The quantitative estimate of drug-likeness (QED) is 0.892. The molecule has 3 heteroatoms. The maximum atomic E-state index is 11.1. The topological polar surface area (TPSA) is 46.5 Å². The molecule has 1 aliphatic rings. The van der Waals surface area contributed by atoms with E-state index in [9.17, 15) is 4.79 Å². The minimum absolute atomic E-state index is 0.167. The molecule has 1 fully saturated rings. The number of carbonyl (C=O) groups is 1. The lowest BCUT2D eigenvalue weighted by atomic mass is 9.73. The lowest BCUT2D eigenvalue weighted by molar-refractivity contribution is -0.144. The number of methoxy groups -OCH3 is 1. The van der Waals surface area contributed by atoms with Crippen LogP contribution in [-0.2, 0) is 4.79 Å². The molecule has 1 aliphatic carbocycles. The van der Waals surface area contributed by atoms with Crippen LogP contribution in [0.1, 0.15) is 37.7 Å². The molecule has 3 nitrogen and oxygen atoms in total. The smallest absolute Gasteiger partial charge is 0.306 e. The number of hydrogen-bond donors (Lipinski definition) is 1. The van der Waals surface area contributed by atoms with Crippen molar-refractivity contribution in [1.82, 2.24) is 0 Å². The summed E-state index contributed by atoms with van der Waals surface area (Å²) in [5.41, 5.74) is 1.30. The van der Waals surface area contributed by atoms with Gasteiger partial charge in [-0.3, -0.25) is 4.79 Å². The number of aliphatic carboxylic acids is 1. The second kappa shape index (κ2) is 5.42. The fourth-order valence-corrected chi connectivity index (χ4v) is 2.94. The van der Waals surface area contributed by atoms with Crippen LogP contribution >= 0.6 is 0 Å². The van der Waals surface area contributed by atoms with E-state index < -0.39 is 5.97 Å². The Balaban J connectivity index is 2.05. The Kier molecular flexibility index (Phi) is 3.90. The summed E-state index contributed by atoms with van der Waals surface area (Å²) < 4.78 is 5.15. The van der Waals surface area contributed by atoms with Gasteiger partial charge in [-0.1, -0.05) is 19.1 Å². The molecule has 1 aromatic carbocycles. The molecule has 0 radical (unpaired) electrons. The van der Waals surface area contributed by atoms with Crippen molar-refractivity contribution in [3.8, 4) is 5.75 Å². The van der Waals surface area contributed by atoms with Crippen LogP contribution in [0.25, 0.3) is 0 Å². The summed E-state index contributed by atoms with van der Waals surface area (Å²) in [4.78, 5) is 11.1. The summed E-state index contributed by atoms with van der Waals surface area (Å²) in [5.74, 6) is 0.797. The summed E-state index contributed by atoms with van der Waals surface area (Å²) in [7, 11) is 1.66. The van der Waals surface area contributed by atoms with Crippen LogP contribution < -0.4 is 4.74 Å². The van der Waals surface area contributed by atoms with Crippen LogP contribution in [0.15, 0.2) is 24.3 Å². The van der Waals surface area contributed by atoms with Gasteiger partial charge >= 0.3 is 5.97 Å². The molecular formula is C15H20O3. The van der Waals surface area contributed by atoms with E-state index in [2.05, 4.69) is 19.1 Å². The van der Waals surface area contributed by atoms with Crippen molar-refractivity contribution in [3.63, 3.8) is 0 Å². The fourth-order valence-electron chi connectivity index (χ4n) is 2.94. The first-order valence-electron chi connectivity index (χ1n) is 6.48. The zero-order valence-corrected chi connectivity index (χ0v) is 10.9. The van der Waals surface area contributed by atoms with E-state index in [0.29, 0.717) is 5.92 Å².